The molecule has 0 fully saturated rings. The third-order valence-corrected chi connectivity index (χ3v) is 3.45. The molecule has 4 nitrogen and oxygen atoms in total. The van der Waals surface area contributed by atoms with Crippen LogP contribution in [0.25, 0.3) is 0 Å². The van der Waals surface area contributed by atoms with Crippen molar-refractivity contribution in [3.63, 3.8) is 0 Å². The van der Waals surface area contributed by atoms with Gasteiger partial charge >= 0.3 is 0 Å². The van der Waals surface area contributed by atoms with Gasteiger partial charge in [0.1, 0.15) is 0 Å². The lowest BCUT2D eigenvalue weighted by molar-refractivity contribution is -0.124. The van der Waals surface area contributed by atoms with Crippen LogP contribution in [-0.2, 0) is 9.53 Å². The van der Waals surface area contributed by atoms with Crippen LogP contribution in [0.15, 0.2) is 0 Å². The standard InChI is InChI=1S/C14H30N2O2/c1-4-5-6-7-8-11-18-12-9-10-14(2,16-3)13(15)17/h16H,4-12H2,1-3H3,(H2,15,17). The summed E-state index contributed by atoms with van der Waals surface area (Å²) in [7, 11) is 1.76. The van der Waals surface area contributed by atoms with Crippen molar-refractivity contribution in [2.24, 2.45) is 5.73 Å². The molecule has 0 heterocycles. The first kappa shape index (κ1) is 17.4. The van der Waals surface area contributed by atoms with Crippen molar-refractivity contribution in [2.75, 3.05) is 20.3 Å². The van der Waals surface area contributed by atoms with E-state index >= 15 is 0 Å². The molecule has 0 aromatic rings. The van der Waals surface area contributed by atoms with Crippen LogP contribution < -0.4 is 11.1 Å². The maximum atomic E-state index is 11.2. The van der Waals surface area contributed by atoms with Crippen LogP contribution in [0, 0.1) is 0 Å². The Balaban J connectivity index is 3.42. The largest absolute Gasteiger partial charge is 0.381 e. The lowest BCUT2D eigenvalue weighted by Gasteiger charge is -2.25. The van der Waals surface area contributed by atoms with Gasteiger partial charge in [-0.15, -0.1) is 0 Å². The maximum Gasteiger partial charge on any atom is 0.237 e. The number of likely N-dealkylation sites (N-methyl/N-ethyl adjacent to an activating group) is 1. The topological polar surface area (TPSA) is 64.3 Å². The van der Waals surface area contributed by atoms with Crippen LogP contribution in [0.1, 0.15) is 58.8 Å². The van der Waals surface area contributed by atoms with Gasteiger partial charge in [-0.25, -0.2) is 0 Å². The Hall–Kier alpha value is -0.610. The SMILES string of the molecule is CCCCCCCOCCCC(C)(NC)C(N)=O. The molecule has 0 saturated carbocycles. The molecule has 4 heteroatoms. The highest BCUT2D eigenvalue weighted by molar-refractivity contribution is 5.84. The zero-order valence-corrected chi connectivity index (χ0v) is 12.3. The minimum Gasteiger partial charge on any atom is -0.381 e. The molecule has 108 valence electrons. The molecule has 0 aliphatic rings. The van der Waals surface area contributed by atoms with Crippen molar-refractivity contribution in [2.45, 2.75) is 64.3 Å². The number of nitrogens with one attached hydrogen (secondary N) is 1. The Morgan fingerprint density at radius 2 is 1.78 bits per heavy atom. The van der Waals surface area contributed by atoms with Gasteiger partial charge < -0.3 is 15.8 Å². The Labute approximate surface area is 112 Å². The van der Waals surface area contributed by atoms with E-state index in [1.807, 2.05) is 6.92 Å². The molecule has 0 rings (SSSR count). The zero-order chi connectivity index (χ0) is 13.9. The van der Waals surface area contributed by atoms with Gasteiger partial charge in [0.25, 0.3) is 0 Å². The molecule has 0 aromatic carbocycles. The molecule has 0 aliphatic heterocycles. The van der Waals surface area contributed by atoms with Crippen LogP contribution in [0.5, 0.6) is 0 Å². The molecular weight excluding hydrogens is 228 g/mol. The van der Waals surface area contributed by atoms with Gasteiger partial charge in [-0.2, -0.15) is 0 Å². The number of amides is 1. The van der Waals surface area contributed by atoms with Gasteiger partial charge in [-0.05, 0) is 33.2 Å². The average molecular weight is 258 g/mol. The van der Waals surface area contributed by atoms with Gasteiger partial charge in [-0.3, -0.25) is 4.79 Å². The van der Waals surface area contributed by atoms with E-state index in [1.54, 1.807) is 7.05 Å². The van der Waals surface area contributed by atoms with E-state index in [9.17, 15) is 4.79 Å². The smallest absolute Gasteiger partial charge is 0.237 e. The number of carbonyl (C=O) groups is 1. The monoisotopic (exact) mass is 258 g/mol. The lowest BCUT2D eigenvalue weighted by Crippen LogP contribution is -2.51. The number of nitrogens with two attached hydrogens (primary N) is 1. The highest BCUT2D eigenvalue weighted by Gasteiger charge is 2.27. The van der Waals surface area contributed by atoms with E-state index in [4.69, 9.17) is 10.5 Å². The van der Waals surface area contributed by atoms with Crippen LogP contribution in [-0.4, -0.2) is 31.7 Å². The summed E-state index contributed by atoms with van der Waals surface area (Å²) in [5, 5.41) is 2.97. The summed E-state index contributed by atoms with van der Waals surface area (Å²) in [6, 6.07) is 0. The molecular formula is C14H30N2O2. The van der Waals surface area contributed by atoms with E-state index in [0.717, 1.165) is 19.4 Å². The Morgan fingerprint density at radius 3 is 2.33 bits per heavy atom. The van der Waals surface area contributed by atoms with Crippen LogP contribution in [0.2, 0.25) is 0 Å². The van der Waals surface area contributed by atoms with E-state index in [0.29, 0.717) is 13.0 Å². The van der Waals surface area contributed by atoms with Gasteiger partial charge in [0, 0.05) is 13.2 Å². The molecule has 0 aromatic heterocycles. The third-order valence-electron chi connectivity index (χ3n) is 3.45. The minimum absolute atomic E-state index is 0.301. The predicted octanol–water partition coefficient (Wildman–Crippen LogP) is 2.22. The normalized spacial score (nSPS) is 14.4. The molecule has 18 heavy (non-hydrogen) atoms. The summed E-state index contributed by atoms with van der Waals surface area (Å²) in [6.45, 7) is 5.59. The Kier molecular flexibility index (Phi) is 9.98. The molecule has 0 radical (unpaired) electrons. The summed E-state index contributed by atoms with van der Waals surface area (Å²) >= 11 is 0. The number of hydrogen-bond donors (Lipinski definition) is 2. The number of unbranched alkanes of at least 4 members (excludes halogenated alkanes) is 4. The second-order valence-corrected chi connectivity index (χ2v) is 5.08. The highest BCUT2D eigenvalue weighted by Crippen LogP contribution is 2.11. The second-order valence-electron chi connectivity index (χ2n) is 5.08. The highest BCUT2D eigenvalue weighted by atomic mass is 16.5. The summed E-state index contributed by atoms with van der Waals surface area (Å²) in [6.07, 6.45) is 7.86. The predicted molar refractivity (Wildman–Crippen MR) is 75.5 cm³/mol. The number of ether oxygens (including phenoxy) is 1. The van der Waals surface area contributed by atoms with Crippen molar-refractivity contribution in [1.29, 1.82) is 0 Å². The lowest BCUT2D eigenvalue weighted by atomic mass is 9.95. The van der Waals surface area contributed by atoms with Gasteiger partial charge in [-0.1, -0.05) is 32.6 Å². The fraction of sp³-hybridized carbons (Fsp3) is 0.929. The summed E-state index contributed by atoms with van der Waals surface area (Å²) in [5.41, 5.74) is 4.74. The molecule has 0 aliphatic carbocycles. The van der Waals surface area contributed by atoms with E-state index in [2.05, 4.69) is 12.2 Å². The molecule has 1 unspecified atom stereocenters. The average Bonchev–Trinajstić information content (AvgIpc) is 2.36. The first-order valence-electron chi connectivity index (χ1n) is 7.13. The van der Waals surface area contributed by atoms with E-state index in [1.165, 1.54) is 25.7 Å². The zero-order valence-electron chi connectivity index (χ0n) is 12.3. The van der Waals surface area contributed by atoms with Crippen molar-refractivity contribution in [3.8, 4) is 0 Å². The Bertz CT molecular complexity index is 222. The quantitative estimate of drug-likeness (QED) is 0.528. The minimum atomic E-state index is -0.607. The molecule has 1 atom stereocenters. The van der Waals surface area contributed by atoms with E-state index < -0.39 is 5.54 Å². The van der Waals surface area contributed by atoms with E-state index in [-0.39, 0.29) is 5.91 Å². The first-order valence-corrected chi connectivity index (χ1v) is 7.13. The molecule has 3 N–H and O–H groups in total. The number of carbonyl (C=O) groups excluding carboxylic acids is 1. The fourth-order valence-corrected chi connectivity index (χ4v) is 1.81. The molecule has 0 spiro atoms. The number of rotatable bonds is 12. The summed E-state index contributed by atoms with van der Waals surface area (Å²) < 4.78 is 5.55. The number of primary amides is 1. The van der Waals surface area contributed by atoms with Crippen LogP contribution in [0.4, 0.5) is 0 Å². The second kappa shape index (κ2) is 10.3. The summed E-state index contributed by atoms with van der Waals surface area (Å²) in [4.78, 5) is 11.2. The van der Waals surface area contributed by atoms with Crippen molar-refractivity contribution < 1.29 is 9.53 Å². The van der Waals surface area contributed by atoms with Gasteiger partial charge in [0.2, 0.25) is 5.91 Å². The van der Waals surface area contributed by atoms with Crippen LogP contribution >= 0.6 is 0 Å². The van der Waals surface area contributed by atoms with Crippen molar-refractivity contribution >= 4 is 5.91 Å². The van der Waals surface area contributed by atoms with Gasteiger partial charge in [0.15, 0.2) is 0 Å². The molecule has 1 amide bonds. The van der Waals surface area contributed by atoms with Crippen LogP contribution in [0.3, 0.4) is 0 Å². The Morgan fingerprint density at radius 1 is 1.17 bits per heavy atom. The maximum absolute atomic E-state index is 11.2. The van der Waals surface area contributed by atoms with Gasteiger partial charge in [0.05, 0.1) is 5.54 Å². The van der Waals surface area contributed by atoms with Crippen molar-refractivity contribution in [1.82, 2.24) is 5.32 Å². The van der Waals surface area contributed by atoms with Crippen molar-refractivity contribution in [3.05, 3.63) is 0 Å². The molecule has 0 saturated heterocycles. The number of hydrogen-bond acceptors (Lipinski definition) is 3. The third kappa shape index (κ3) is 7.67. The molecule has 0 bridgehead atoms. The fourth-order valence-electron chi connectivity index (χ4n) is 1.81. The summed E-state index contributed by atoms with van der Waals surface area (Å²) in [5.74, 6) is -0.301. The first-order chi connectivity index (χ1) is 8.56.